The Morgan fingerprint density at radius 3 is 2.55 bits per heavy atom. The van der Waals surface area contributed by atoms with E-state index >= 15 is 0 Å². The number of halogens is 2. The van der Waals surface area contributed by atoms with Crippen molar-refractivity contribution in [1.29, 1.82) is 0 Å². The van der Waals surface area contributed by atoms with Crippen molar-refractivity contribution < 1.29 is 23.5 Å². The lowest BCUT2D eigenvalue weighted by atomic mass is 9.60. The van der Waals surface area contributed by atoms with E-state index < -0.39 is 5.82 Å². The highest BCUT2D eigenvalue weighted by atomic mass is 35.5. The minimum atomic E-state index is -0.586. The maximum absolute atomic E-state index is 13.5. The van der Waals surface area contributed by atoms with E-state index in [9.17, 15) is 14.0 Å². The summed E-state index contributed by atoms with van der Waals surface area (Å²) in [7, 11) is 0. The van der Waals surface area contributed by atoms with Gasteiger partial charge in [-0.15, -0.1) is 0 Å². The number of fused-ring (bicyclic) bond motifs is 2. The molecule has 158 valence electrons. The normalized spacial score (nSPS) is 32.9. The van der Waals surface area contributed by atoms with E-state index in [2.05, 4.69) is 10.6 Å². The van der Waals surface area contributed by atoms with Gasteiger partial charge in [0, 0.05) is 18.2 Å². The van der Waals surface area contributed by atoms with Crippen LogP contribution in [0.1, 0.15) is 39.0 Å². The molecule has 2 N–H and O–H groups in total. The first-order valence-corrected chi connectivity index (χ1v) is 10.6. The molecule has 2 unspecified atom stereocenters. The standard InChI is InChI=1S/C21H26ClFN2O4/c1-11-2-5-19(29-11)21(27)25-18-9-17(12-6-13(18)7-12)24-20(26)10-28-14-3-4-15(22)16(23)8-14/h3-4,8,11-13,17-19H,2,5-7,9-10H2,1H3,(H,24,26)(H,25,27)/t11?,12?,13?,17-,18+,19?/m0/s1. The number of amides is 2. The summed E-state index contributed by atoms with van der Waals surface area (Å²) in [6, 6.07) is 4.13. The van der Waals surface area contributed by atoms with E-state index in [1.54, 1.807) is 0 Å². The van der Waals surface area contributed by atoms with Crippen molar-refractivity contribution in [3.8, 4) is 5.75 Å². The van der Waals surface area contributed by atoms with Crippen LogP contribution in [0, 0.1) is 17.7 Å². The fourth-order valence-electron chi connectivity index (χ4n) is 4.61. The average Bonchev–Trinajstić information content (AvgIpc) is 3.08. The summed E-state index contributed by atoms with van der Waals surface area (Å²) in [6.07, 6.45) is 4.16. The third kappa shape index (κ3) is 4.67. The number of hydrogen-bond donors (Lipinski definition) is 2. The van der Waals surface area contributed by atoms with Gasteiger partial charge in [0.05, 0.1) is 11.1 Å². The zero-order chi connectivity index (χ0) is 20.5. The van der Waals surface area contributed by atoms with E-state index in [4.69, 9.17) is 21.1 Å². The van der Waals surface area contributed by atoms with Crippen molar-refractivity contribution in [2.75, 3.05) is 6.61 Å². The lowest BCUT2D eigenvalue weighted by molar-refractivity contribution is -0.134. The molecule has 0 spiro atoms. The monoisotopic (exact) mass is 424 g/mol. The molecule has 5 rings (SSSR count). The summed E-state index contributed by atoms with van der Waals surface area (Å²) in [5.74, 6) is 0.288. The SMILES string of the molecule is CC1CCC(C(=O)N[C@@H]2C[C@H](NC(=O)COc3ccc(Cl)c(F)c3)C3CC2C3)O1. The van der Waals surface area contributed by atoms with E-state index in [0.717, 1.165) is 31.7 Å². The molecule has 2 bridgehead atoms. The molecule has 0 aromatic heterocycles. The van der Waals surface area contributed by atoms with Gasteiger partial charge in [0.25, 0.3) is 5.91 Å². The molecule has 1 saturated heterocycles. The third-order valence-corrected chi connectivity index (χ3v) is 6.62. The lowest BCUT2D eigenvalue weighted by Crippen LogP contribution is -2.60. The van der Waals surface area contributed by atoms with Crippen molar-refractivity contribution in [2.24, 2.45) is 11.8 Å². The zero-order valence-electron chi connectivity index (χ0n) is 16.3. The van der Waals surface area contributed by atoms with Crippen molar-refractivity contribution in [3.05, 3.63) is 29.0 Å². The molecule has 3 saturated carbocycles. The second kappa shape index (κ2) is 8.48. The van der Waals surface area contributed by atoms with Crippen LogP contribution in [0.2, 0.25) is 5.02 Å². The van der Waals surface area contributed by atoms with Crippen LogP contribution < -0.4 is 15.4 Å². The molecule has 6 nitrogen and oxygen atoms in total. The summed E-state index contributed by atoms with van der Waals surface area (Å²) in [5.41, 5.74) is 0. The molecule has 1 aromatic carbocycles. The van der Waals surface area contributed by atoms with Crippen molar-refractivity contribution >= 4 is 23.4 Å². The van der Waals surface area contributed by atoms with Gasteiger partial charge in [-0.2, -0.15) is 0 Å². The van der Waals surface area contributed by atoms with Crippen LogP contribution in [0.3, 0.4) is 0 Å². The maximum atomic E-state index is 13.5. The molecule has 4 aliphatic rings. The minimum absolute atomic E-state index is 0.00627. The second-order valence-corrected chi connectivity index (χ2v) is 8.80. The van der Waals surface area contributed by atoms with Crippen molar-refractivity contribution in [3.63, 3.8) is 0 Å². The highest BCUT2D eigenvalue weighted by Crippen LogP contribution is 2.45. The summed E-state index contributed by atoms with van der Waals surface area (Å²) >= 11 is 5.64. The third-order valence-electron chi connectivity index (χ3n) is 6.32. The number of hydrogen-bond acceptors (Lipinski definition) is 4. The Morgan fingerprint density at radius 2 is 1.90 bits per heavy atom. The zero-order valence-corrected chi connectivity index (χ0v) is 17.1. The Hall–Kier alpha value is -1.86. The highest BCUT2D eigenvalue weighted by molar-refractivity contribution is 6.30. The van der Waals surface area contributed by atoms with Crippen LogP contribution in [-0.2, 0) is 14.3 Å². The van der Waals surface area contributed by atoms with Gasteiger partial charge in [0.2, 0.25) is 5.91 Å². The molecule has 3 aliphatic carbocycles. The van der Waals surface area contributed by atoms with E-state index in [-0.39, 0.29) is 53.5 Å². The largest absolute Gasteiger partial charge is 0.484 e. The molecule has 8 heteroatoms. The van der Waals surface area contributed by atoms with Crippen LogP contribution in [0.25, 0.3) is 0 Å². The minimum Gasteiger partial charge on any atom is -0.484 e. The lowest BCUT2D eigenvalue weighted by Gasteiger charge is -2.51. The number of carbonyl (C=O) groups excluding carboxylic acids is 2. The van der Waals surface area contributed by atoms with Gasteiger partial charge < -0.3 is 20.1 Å². The molecule has 2 amide bonds. The van der Waals surface area contributed by atoms with Crippen LogP contribution in [0.4, 0.5) is 4.39 Å². The Balaban J connectivity index is 1.26. The van der Waals surface area contributed by atoms with Gasteiger partial charge >= 0.3 is 0 Å². The predicted octanol–water partition coefficient (Wildman–Crippen LogP) is 2.82. The Labute approximate surface area is 174 Å². The topological polar surface area (TPSA) is 76.7 Å². The van der Waals surface area contributed by atoms with Gasteiger partial charge in [-0.3, -0.25) is 9.59 Å². The Kier molecular flexibility index (Phi) is 5.97. The Bertz CT molecular complexity index is 786. The summed E-state index contributed by atoms with van der Waals surface area (Å²) in [6.45, 7) is 1.79. The summed E-state index contributed by atoms with van der Waals surface area (Å²) in [4.78, 5) is 24.8. The summed E-state index contributed by atoms with van der Waals surface area (Å²) in [5, 5.41) is 6.17. The average molecular weight is 425 g/mol. The molecule has 1 aliphatic heterocycles. The van der Waals surface area contributed by atoms with Gasteiger partial charge in [0.1, 0.15) is 17.7 Å². The molecule has 0 radical (unpaired) electrons. The number of benzene rings is 1. The molecule has 1 heterocycles. The number of nitrogens with one attached hydrogen (secondary N) is 2. The fraction of sp³-hybridized carbons (Fsp3) is 0.619. The smallest absolute Gasteiger partial charge is 0.258 e. The van der Waals surface area contributed by atoms with E-state index in [1.807, 2.05) is 6.92 Å². The quantitative estimate of drug-likeness (QED) is 0.736. The summed E-state index contributed by atoms with van der Waals surface area (Å²) < 4.78 is 24.5. The van der Waals surface area contributed by atoms with Crippen LogP contribution in [0.15, 0.2) is 18.2 Å². The van der Waals surface area contributed by atoms with Gasteiger partial charge in [0.15, 0.2) is 6.61 Å². The van der Waals surface area contributed by atoms with E-state index in [0.29, 0.717) is 18.3 Å². The number of ether oxygens (including phenoxy) is 2. The molecular formula is C21H26ClFN2O4. The number of carbonyl (C=O) groups is 2. The fourth-order valence-corrected chi connectivity index (χ4v) is 4.73. The Morgan fingerprint density at radius 1 is 1.17 bits per heavy atom. The van der Waals surface area contributed by atoms with Gasteiger partial charge in [-0.25, -0.2) is 4.39 Å². The highest BCUT2D eigenvalue weighted by Gasteiger charge is 2.47. The molecule has 1 aromatic rings. The molecular weight excluding hydrogens is 399 g/mol. The van der Waals surface area contributed by atoms with Crippen LogP contribution in [0.5, 0.6) is 5.75 Å². The second-order valence-electron chi connectivity index (χ2n) is 8.39. The first-order chi connectivity index (χ1) is 13.9. The van der Waals surface area contributed by atoms with E-state index in [1.165, 1.54) is 12.1 Å². The first-order valence-electron chi connectivity index (χ1n) is 10.2. The molecule has 4 atom stereocenters. The predicted molar refractivity (Wildman–Crippen MR) is 105 cm³/mol. The van der Waals surface area contributed by atoms with Crippen LogP contribution in [-0.4, -0.2) is 42.7 Å². The van der Waals surface area contributed by atoms with Crippen molar-refractivity contribution in [1.82, 2.24) is 10.6 Å². The van der Waals surface area contributed by atoms with Gasteiger partial charge in [-0.1, -0.05) is 11.6 Å². The first kappa shape index (κ1) is 20.4. The van der Waals surface area contributed by atoms with Gasteiger partial charge in [-0.05, 0) is 63.0 Å². The maximum Gasteiger partial charge on any atom is 0.258 e. The molecule has 4 fully saturated rings. The molecule has 29 heavy (non-hydrogen) atoms. The van der Waals surface area contributed by atoms with Crippen LogP contribution >= 0.6 is 11.6 Å². The number of rotatable bonds is 6. The van der Waals surface area contributed by atoms with Crippen molar-refractivity contribution in [2.45, 2.75) is 63.3 Å².